The number of benzene rings is 2. The van der Waals surface area contributed by atoms with Crippen LogP contribution in [0.4, 0.5) is 0 Å². The highest BCUT2D eigenvalue weighted by Crippen LogP contribution is 2.28. The molecule has 1 unspecified atom stereocenters. The highest BCUT2D eigenvalue weighted by atomic mass is 35.5. The van der Waals surface area contributed by atoms with Crippen LogP contribution in [-0.4, -0.2) is 36.8 Å². The average Bonchev–Trinajstić information content (AvgIpc) is 2.48. The number of nitrogens with zero attached hydrogens (tertiary/aromatic N) is 1. The summed E-state index contributed by atoms with van der Waals surface area (Å²) in [6, 6.07) is 18.2. The Bertz CT molecular complexity index is 573. The zero-order valence-corrected chi connectivity index (χ0v) is 12.8. The SMILES string of the molecule is CN1CCOC(O)(c2ccc(-c3ccccc3)cc2)C1.Cl. The molecule has 4 heteroatoms. The summed E-state index contributed by atoms with van der Waals surface area (Å²) >= 11 is 0. The largest absolute Gasteiger partial charge is 0.361 e. The summed E-state index contributed by atoms with van der Waals surface area (Å²) in [5.74, 6) is -1.19. The van der Waals surface area contributed by atoms with Gasteiger partial charge in [0.05, 0.1) is 13.2 Å². The normalized spacial score (nSPS) is 22.6. The molecule has 0 aromatic heterocycles. The summed E-state index contributed by atoms with van der Waals surface area (Å²) in [7, 11) is 1.99. The van der Waals surface area contributed by atoms with Crippen LogP contribution in [0.25, 0.3) is 11.1 Å². The molecule has 3 rings (SSSR count). The highest BCUT2D eigenvalue weighted by molar-refractivity contribution is 5.85. The molecule has 1 saturated heterocycles. The number of β-amino-alcohol motifs (C(OH)–C–C–N with tert-alkyl or cyclic N) is 1. The molecule has 0 radical (unpaired) electrons. The van der Waals surface area contributed by atoms with Gasteiger partial charge in [-0.3, -0.25) is 4.90 Å². The molecule has 3 nitrogen and oxygen atoms in total. The van der Waals surface area contributed by atoms with E-state index in [0.29, 0.717) is 13.2 Å². The van der Waals surface area contributed by atoms with Crippen LogP contribution >= 0.6 is 12.4 Å². The number of halogens is 1. The topological polar surface area (TPSA) is 32.7 Å². The molecule has 2 aromatic carbocycles. The van der Waals surface area contributed by atoms with Gasteiger partial charge in [-0.15, -0.1) is 12.4 Å². The summed E-state index contributed by atoms with van der Waals surface area (Å²) in [5, 5.41) is 10.6. The van der Waals surface area contributed by atoms with Crippen LogP contribution in [0.3, 0.4) is 0 Å². The highest BCUT2D eigenvalue weighted by Gasteiger charge is 2.34. The number of hydrogen-bond acceptors (Lipinski definition) is 3. The maximum atomic E-state index is 10.6. The molecule has 1 heterocycles. The second-order valence-electron chi connectivity index (χ2n) is 5.31. The van der Waals surface area contributed by atoms with E-state index in [2.05, 4.69) is 17.0 Å². The zero-order chi connectivity index (χ0) is 14.0. The van der Waals surface area contributed by atoms with E-state index < -0.39 is 5.79 Å². The third kappa shape index (κ3) is 3.44. The van der Waals surface area contributed by atoms with Crippen LogP contribution in [0.5, 0.6) is 0 Å². The van der Waals surface area contributed by atoms with Crippen molar-refractivity contribution in [3.8, 4) is 11.1 Å². The molecule has 21 heavy (non-hydrogen) atoms. The second kappa shape index (κ2) is 6.58. The molecule has 1 aliphatic rings. The number of likely N-dealkylation sites (N-methyl/N-ethyl adjacent to an activating group) is 1. The smallest absolute Gasteiger partial charge is 0.205 e. The quantitative estimate of drug-likeness (QED) is 0.926. The predicted molar refractivity (Wildman–Crippen MR) is 86.5 cm³/mol. The van der Waals surface area contributed by atoms with E-state index in [4.69, 9.17) is 4.74 Å². The Balaban J connectivity index is 0.00000161. The number of aliphatic hydroxyl groups is 1. The van der Waals surface area contributed by atoms with E-state index in [1.807, 2.05) is 49.5 Å². The minimum absolute atomic E-state index is 0. The Morgan fingerprint density at radius 1 is 1.00 bits per heavy atom. The molecule has 2 aromatic rings. The Kier molecular flexibility index (Phi) is 5.01. The Morgan fingerprint density at radius 3 is 2.24 bits per heavy atom. The van der Waals surface area contributed by atoms with Gasteiger partial charge < -0.3 is 9.84 Å². The number of rotatable bonds is 2. The van der Waals surface area contributed by atoms with E-state index >= 15 is 0 Å². The molecular weight excluding hydrogens is 286 g/mol. The van der Waals surface area contributed by atoms with Gasteiger partial charge in [0.15, 0.2) is 0 Å². The average molecular weight is 306 g/mol. The van der Waals surface area contributed by atoms with Gasteiger partial charge in [0, 0.05) is 12.1 Å². The van der Waals surface area contributed by atoms with Gasteiger partial charge in [-0.05, 0) is 18.2 Å². The molecule has 0 bridgehead atoms. The second-order valence-corrected chi connectivity index (χ2v) is 5.31. The fraction of sp³-hybridized carbons (Fsp3) is 0.294. The van der Waals surface area contributed by atoms with Crippen molar-refractivity contribution in [2.45, 2.75) is 5.79 Å². The number of ether oxygens (including phenoxy) is 1. The summed E-state index contributed by atoms with van der Waals surface area (Å²) in [6.45, 7) is 1.90. The van der Waals surface area contributed by atoms with Crippen LogP contribution in [0, 0.1) is 0 Å². The molecule has 0 aliphatic carbocycles. The van der Waals surface area contributed by atoms with Crippen LogP contribution in [0.1, 0.15) is 5.56 Å². The van der Waals surface area contributed by atoms with Crippen molar-refractivity contribution < 1.29 is 9.84 Å². The minimum Gasteiger partial charge on any atom is -0.361 e. The molecule has 112 valence electrons. The van der Waals surface area contributed by atoms with Gasteiger partial charge in [0.25, 0.3) is 0 Å². The van der Waals surface area contributed by atoms with Crippen molar-refractivity contribution in [2.24, 2.45) is 0 Å². The first kappa shape index (κ1) is 16.0. The van der Waals surface area contributed by atoms with Crippen molar-refractivity contribution in [3.63, 3.8) is 0 Å². The lowest BCUT2D eigenvalue weighted by molar-refractivity contribution is -0.245. The molecule has 0 saturated carbocycles. The lowest BCUT2D eigenvalue weighted by atomic mass is 9.99. The number of hydrogen-bond donors (Lipinski definition) is 1. The standard InChI is InChI=1S/C17H19NO2.ClH/c1-18-11-12-20-17(19,13-18)16-9-7-15(8-10-16)14-5-3-2-4-6-14;/h2-10,19H,11-13H2,1H3;1H. The van der Waals surface area contributed by atoms with Crippen LogP contribution in [-0.2, 0) is 10.5 Å². The Labute approximate surface area is 131 Å². The van der Waals surface area contributed by atoms with E-state index in [1.54, 1.807) is 0 Å². The first-order valence-electron chi connectivity index (χ1n) is 6.88. The summed E-state index contributed by atoms with van der Waals surface area (Å²) < 4.78 is 5.58. The molecule has 0 spiro atoms. The van der Waals surface area contributed by atoms with Gasteiger partial charge in [-0.2, -0.15) is 0 Å². The van der Waals surface area contributed by atoms with E-state index in [9.17, 15) is 5.11 Å². The minimum atomic E-state index is -1.19. The maximum absolute atomic E-state index is 10.6. The summed E-state index contributed by atoms with van der Waals surface area (Å²) in [6.07, 6.45) is 0. The zero-order valence-electron chi connectivity index (χ0n) is 12.0. The van der Waals surface area contributed by atoms with Gasteiger partial charge in [-0.25, -0.2) is 0 Å². The molecule has 1 aliphatic heterocycles. The first-order valence-corrected chi connectivity index (χ1v) is 6.88. The molecule has 1 N–H and O–H groups in total. The fourth-order valence-electron chi connectivity index (χ4n) is 2.59. The van der Waals surface area contributed by atoms with Crippen molar-refractivity contribution in [1.29, 1.82) is 0 Å². The van der Waals surface area contributed by atoms with Crippen molar-refractivity contribution in [2.75, 3.05) is 26.7 Å². The van der Waals surface area contributed by atoms with E-state index in [0.717, 1.165) is 17.7 Å². The Hall–Kier alpha value is -1.39. The lowest BCUT2D eigenvalue weighted by Gasteiger charge is -2.37. The van der Waals surface area contributed by atoms with Crippen molar-refractivity contribution in [1.82, 2.24) is 4.90 Å². The molecule has 0 amide bonds. The van der Waals surface area contributed by atoms with Gasteiger partial charge in [0.2, 0.25) is 5.79 Å². The molecular formula is C17H20ClNO2. The summed E-state index contributed by atoms with van der Waals surface area (Å²) in [5.41, 5.74) is 3.12. The third-order valence-electron chi connectivity index (χ3n) is 3.74. The monoisotopic (exact) mass is 305 g/mol. The summed E-state index contributed by atoms with van der Waals surface area (Å²) in [4.78, 5) is 2.08. The van der Waals surface area contributed by atoms with Crippen LogP contribution in [0.15, 0.2) is 54.6 Å². The van der Waals surface area contributed by atoms with Crippen LogP contribution in [0.2, 0.25) is 0 Å². The van der Waals surface area contributed by atoms with Crippen LogP contribution < -0.4 is 0 Å². The number of morpholine rings is 1. The van der Waals surface area contributed by atoms with E-state index in [-0.39, 0.29) is 12.4 Å². The van der Waals surface area contributed by atoms with Crippen molar-refractivity contribution >= 4 is 12.4 Å². The van der Waals surface area contributed by atoms with E-state index in [1.165, 1.54) is 5.56 Å². The molecule has 1 fully saturated rings. The lowest BCUT2D eigenvalue weighted by Crippen LogP contribution is -2.48. The maximum Gasteiger partial charge on any atom is 0.205 e. The Morgan fingerprint density at radius 2 is 1.62 bits per heavy atom. The first-order chi connectivity index (χ1) is 9.67. The fourth-order valence-corrected chi connectivity index (χ4v) is 2.59. The van der Waals surface area contributed by atoms with Gasteiger partial charge >= 0.3 is 0 Å². The van der Waals surface area contributed by atoms with Crippen molar-refractivity contribution in [3.05, 3.63) is 60.2 Å². The van der Waals surface area contributed by atoms with Gasteiger partial charge in [0.1, 0.15) is 0 Å². The van der Waals surface area contributed by atoms with Gasteiger partial charge in [-0.1, -0.05) is 54.6 Å². The third-order valence-corrected chi connectivity index (χ3v) is 3.74. The predicted octanol–water partition coefficient (Wildman–Crippen LogP) is 2.88. The molecule has 1 atom stereocenters.